The van der Waals surface area contributed by atoms with Crippen molar-refractivity contribution in [3.8, 4) is 0 Å². The van der Waals surface area contributed by atoms with E-state index in [2.05, 4.69) is 12.2 Å². The van der Waals surface area contributed by atoms with Gasteiger partial charge in [-0.1, -0.05) is 18.3 Å². The molecular weight excluding hydrogens is 246 g/mol. The van der Waals surface area contributed by atoms with E-state index < -0.39 is 17.5 Å². The average molecular weight is 258 g/mol. The minimum atomic E-state index is -1.14. The third kappa shape index (κ3) is 3.45. The molecule has 3 nitrogen and oxygen atoms in total. The second-order valence-corrected chi connectivity index (χ2v) is 4.07. The molecule has 0 fully saturated rings. The highest BCUT2D eigenvalue weighted by atomic mass is 32.1. The second kappa shape index (κ2) is 5.67. The van der Waals surface area contributed by atoms with Crippen LogP contribution in [0.1, 0.15) is 16.8 Å². The van der Waals surface area contributed by atoms with Gasteiger partial charge in [-0.2, -0.15) is 0 Å². The average Bonchev–Trinajstić information content (AvgIpc) is 2.28. The molecule has 0 heterocycles. The van der Waals surface area contributed by atoms with Crippen LogP contribution in [0.3, 0.4) is 0 Å². The van der Waals surface area contributed by atoms with Crippen LogP contribution in [0.4, 0.5) is 8.78 Å². The molecule has 0 saturated carbocycles. The fourth-order valence-electron chi connectivity index (χ4n) is 1.25. The predicted octanol–water partition coefficient (Wildman–Crippen LogP) is 1.71. The molecule has 0 aliphatic carbocycles. The van der Waals surface area contributed by atoms with Crippen LogP contribution in [0.15, 0.2) is 18.2 Å². The highest BCUT2D eigenvalue weighted by Gasteiger charge is 2.18. The standard InChI is InChI=1S/C11H12F2N2OS/c1-15(6-5-9(14)17)11(16)7-3-2-4-8(12)10(7)13/h2-4H,5-6H2,1H3,(H2,14,17). The molecule has 0 aliphatic heterocycles. The summed E-state index contributed by atoms with van der Waals surface area (Å²) >= 11 is 4.67. The quantitative estimate of drug-likeness (QED) is 0.836. The van der Waals surface area contributed by atoms with Gasteiger partial charge in [0, 0.05) is 20.0 Å². The van der Waals surface area contributed by atoms with Crippen LogP contribution in [0, 0.1) is 11.6 Å². The van der Waals surface area contributed by atoms with E-state index in [1.807, 2.05) is 0 Å². The Morgan fingerprint density at radius 1 is 1.47 bits per heavy atom. The molecule has 17 heavy (non-hydrogen) atoms. The van der Waals surface area contributed by atoms with Crippen molar-refractivity contribution in [3.63, 3.8) is 0 Å². The molecule has 0 bridgehead atoms. The van der Waals surface area contributed by atoms with Crippen LogP contribution in [-0.4, -0.2) is 29.4 Å². The first kappa shape index (κ1) is 13.5. The lowest BCUT2D eigenvalue weighted by atomic mass is 10.2. The summed E-state index contributed by atoms with van der Waals surface area (Å²) in [5.41, 5.74) is 5.00. The van der Waals surface area contributed by atoms with Crippen LogP contribution >= 0.6 is 12.2 Å². The maximum atomic E-state index is 13.3. The Morgan fingerprint density at radius 2 is 2.12 bits per heavy atom. The summed E-state index contributed by atoms with van der Waals surface area (Å²) in [7, 11) is 1.48. The Balaban J connectivity index is 2.82. The van der Waals surface area contributed by atoms with Crippen molar-refractivity contribution in [3.05, 3.63) is 35.4 Å². The van der Waals surface area contributed by atoms with Crippen LogP contribution in [-0.2, 0) is 0 Å². The number of hydrogen-bond acceptors (Lipinski definition) is 2. The fourth-order valence-corrected chi connectivity index (χ4v) is 1.35. The van der Waals surface area contributed by atoms with Gasteiger partial charge in [0.15, 0.2) is 11.6 Å². The third-order valence-electron chi connectivity index (χ3n) is 2.22. The topological polar surface area (TPSA) is 46.3 Å². The van der Waals surface area contributed by atoms with Crippen molar-refractivity contribution < 1.29 is 13.6 Å². The molecule has 0 spiro atoms. The summed E-state index contributed by atoms with van der Waals surface area (Å²) in [6, 6.07) is 3.48. The van der Waals surface area contributed by atoms with E-state index in [9.17, 15) is 13.6 Å². The van der Waals surface area contributed by atoms with E-state index in [4.69, 9.17) is 5.73 Å². The first-order valence-electron chi connectivity index (χ1n) is 4.91. The lowest BCUT2D eigenvalue weighted by molar-refractivity contribution is 0.0793. The maximum absolute atomic E-state index is 13.3. The number of amides is 1. The lowest BCUT2D eigenvalue weighted by Crippen LogP contribution is -2.30. The first-order chi connectivity index (χ1) is 7.93. The van der Waals surface area contributed by atoms with Crippen LogP contribution in [0.5, 0.6) is 0 Å². The molecule has 1 aromatic carbocycles. The van der Waals surface area contributed by atoms with Gasteiger partial charge in [-0.3, -0.25) is 4.79 Å². The monoisotopic (exact) mass is 258 g/mol. The van der Waals surface area contributed by atoms with Gasteiger partial charge in [0.05, 0.1) is 10.6 Å². The maximum Gasteiger partial charge on any atom is 0.256 e. The van der Waals surface area contributed by atoms with E-state index in [0.29, 0.717) is 6.42 Å². The van der Waals surface area contributed by atoms with E-state index in [0.717, 1.165) is 6.07 Å². The molecule has 0 unspecified atom stereocenters. The number of rotatable bonds is 4. The molecule has 2 N–H and O–H groups in total. The Morgan fingerprint density at radius 3 is 2.71 bits per heavy atom. The summed E-state index contributed by atoms with van der Waals surface area (Å²) in [6.45, 7) is 0.268. The molecule has 0 aromatic heterocycles. The number of hydrogen-bond donors (Lipinski definition) is 1. The molecule has 0 saturated heterocycles. The van der Waals surface area contributed by atoms with Crippen LogP contribution in [0.2, 0.25) is 0 Å². The van der Waals surface area contributed by atoms with Gasteiger partial charge < -0.3 is 10.6 Å². The highest BCUT2D eigenvalue weighted by Crippen LogP contribution is 2.13. The fraction of sp³-hybridized carbons (Fsp3) is 0.273. The molecule has 0 aliphatic rings. The summed E-state index contributed by atoms with van der Waals surface area (Å²) < 4.78 is 26.3. The van der Waals surface area contributed by atoms with Crippen molar-refractivity contribution in [2.24, 2.45) is 5.73 Å². The van der Waals surface area contributed by atoms with E-state index in [-0.39, 0.29) is 17.1 Å². The first-order valence-corrected chi connectivity index (χ1v) is 5.32. The SMILES string of the molecule is CN(CCC(N)=S)C(=O)c1cccc(F)c1F. The smallest absolute Gasteiger partial charge is 0.256 e. The predicted molar refractivity (Wildman–Crippen MR) is 64.7 cm³/mol. The number of thiocarbonyl (C=S) groups is 1. The van der Waals surface area contributed by atoms with Gasteiger partial charge in [-0.05, 0) is 12.1 Å². The largest absolute Gasteiger partial charge is 0.393 e. The molecule has 1 rings (SSSR count). The Labute approximate surface area is 103 Å². The Bertz CT molecular complexity index is 451. The number of carbonyl (C=O) groups is 1. The lowest BCUT2D eigenvalue weighted by Gasteiger charge is -2.17. The minimum absolute atomic E-state index is 0.268. The van der Waals surface area contributed by atoms with E-state index in [1.54, 1.807) is 0 Å². The van der Waals surface area contributed by atoms with Crippen molar-refractivity contribution in [2.75, 3.05) is 13.6 Å². The number of benzene rings is 1. The Kier molecular flexibility index (Phi) is 4.51. The highest BCUT2D eigenvalue weighted by molar-refractivity contribution is 7.80. The van der Waals surface area contributed by atoms with Gasteiger partial charge >= 0.3 is 0 Å². The second-order valence-electron chi connectivity index (χ2n) is 3.54. The number of nitrogens with zero attached hydrogens (tertiary/aromatic N) is 1. The molecular formula is C11H12F2N2OS. The van der Waals surface area contributed by atoms with Crippen molar-refractivity contribution in [1.82, 2.24) is 4.90 Å². The minimum Gasteiger partial charge on any atom is -0.393 e. The van der Waals surface area contributed by atoms with E-state index in [1.165, 1.54) is 24.1 Å². The van der Waals surface area contributed by atoms with E-state index >= 15 is 0 Å². The van der Waals surface area contributed by atoms with Gasteiger partial charge in [0.2, 0.25) is 0 Å². The molecule has 1 amide bonds. The van der Waals surface area contributed by atoms with Crippen LogP contribution < -0.4 is 5.73 Å². The summed E-state index contributed by atoms with van der Waals surface area (Å²) in [6.07, 6.45) is 0.342. The Hall–Kier alpha value is -1.56. The van der Waals surface area contributed by atoms with Crippen molar-refractivity contribution in [2.45, 2.75) is 6.42 Å². The van der Waals surface area contributed by atoms with Gasteiger partial charge in [0.25, 0.3) is 5.91 Å². The molecule has 0 radical (unpaired) electrons. The zero-order valence-electron chi connectivity index (χ0n) is 9.24. The van der Waals surface area contributed by atoms with Crippen molar-refractivity contribution >= 4 is 23.1 Å². The molecule has 1 aromatic rings. The summed E-state index contributed by atoms with van der Waals surface area (Å²) in [4.78, 5) is 13.3. The number of carbonyl (C=O) groups excluding carboxylic acids is 1. The third-order valence-corrected chi connectivity index (χ3v) is 2.43. The molecule has 92 valence electrons. The zero-order chi connectivity index (χ0) is 13.0. The van der Waals surface area contributed by atoms with Crippen molar-refractivity contribution in [1.29, 1.82) is 0 Å². The normalized spacial score (nSPS) is 10.1. The van der Waals surface area contributed by atoms with Crippen LogP contribution in [0.25, 0.3) is 0 Å². The summed E-state index contributed by atoms with van der Waals surface area (Å²) in [5.74, 6) is -2.78. The van der Waals surface area contributed by atoms with Gasteiger partial charge in [0.1, 0.15) is 0 Å². The molecule has 0 atom stereocenters. The summed E-state index contributed by atoms with van der Waals surface area (Å²) in [5, 5.41) is 0. The van der Waals surface area contributed by atoms with Gasteiger partial charge in [-0.25, -0.2) is 8.78 Å². The number of nitrogens with two attached hydrogens (primary N) is 1. The molecule has 6 heteroatoms. The number of halogens is 2. The van der Waals surface area contributed by atoms with Gasteiger partial charge in [-0.15, -0.1) is 0 Å². The zero-order valence-corrected chi connectivity index (χ0v) is 10.1.